The van der Waals surface area contributed by atoms with E-state index in [0.29, 0.717) is 5.75 Å². The molecule has 0 fully saturated rings. The molecule has 0 amide bonds. The molecule has 4 rings (SSSR count). The number of thiazole rings is 1. The number of carboxylic acids is 1. The molecule has 2 aromatic carbocycles. The van der Waals surface area contributed by atoms with Gasteiger partial charge in [0.05, 0.1) is 15.9 Å². The molecule has 0 radical (unpaired) electrons. The monoisotopic (exact) mass is 364 g/mol. The Labute approximate surface area is 151 Å². The van der Waals surface area contributed by atoms with Gasteiger partial charge in [-0.2, -0.15) is 0 Å². The zero-order valence-electron chi connectivity index (χ0n) is 13.3. The highest BCUT2D eigenvalue weighted by Crippen LogP contribution is 2.30. The third-order valence-corrected chi connectivity index (χ3v) is 4.75. The highest BCUT2D eigenvalue weighted by atomic mass is 32.1. The fraction of sp³-hybridized carbons (Fsp3) is 0. The van der Waals surface area contributed by atoms with Gasteiger partial charge in [0.1, 0.15) is 5.75 Å². The van der Waals surface area contributed by atoms with Crippen LogP contribution in [0.4, 0.5) is 0 Å². The number of ether oxygens (including phenoxy) is 1. The van der Waals surface area contributed by atoms with Gasteiger partial charge in [-0.3, -0.25) is 4.40 Å². The van der Waals surface area contributed by atoms with Crippen molar-refractivity contribution in [1.29, 1.82) is 0 Å². The number of carbonyl (C=O) groups is 2. The number of aliphatic carboxylic acids is 1. The summed E-state index contributed by atoms with van der Waals surface area (Å²) in [6.07, 6.45) is 3.55. The van der Waals surface area contributed by atoms with Crippen LogP contribution in [0.5, 0.6) is 5.75 Å². The van der Waals surface area contributed by atoms with Gasteiger partial charge in [0.15, 0.2) is 4.96 Å². The molecular weight excluding hydrogens is 352 g/mol. The normalized spacial score (nSPS) is 11.4. The number of hydrogen-bond acceptors (Lipinski definition) is 5. The van der Waals surface area contributed by atoms with Crippen LogP contribution in [0.2, 0.25) is 0 Å². The number of esters is 1. The summed E-state index contributed by atoms with van der Waals surface area (Å²) in [6.45, 7) is 0. The molecular formula is C19H12N2O4S. The maximum absolute atomic E-state index is 11.6. The van der Waals surface area contributed by atoms with Gasteiger partial charge < -0.3 is 9.84 Å². The first kappa shape index (κ1) is 16.0. The summed E-state index contributed by atoms with van der Waals surface area (Å²) >= 11 is 1.60. The molecule has 0 atom stereocenters. The van der Waals surface area contributed by atoms with Crippen LogP contribution in [0.15, 0.2) is 66.9 Å². The second-order valence-electron chi connectivity index (χ2n) is 5.47. The van der Waals surface area contributed by atoms with Gasteiger partial charge in [-0.05, 0) is 24.3 Å². The highest BCUT2D eigenvalue weighted by molar-refractivity contribution is 7.23. The lowest BCUT2D eigenvalue weighted by Gasteiger charge is -2.03. The van der Waals surface area contributed by atoms with Gasteiger partial charge in [-0.1, -0.05) is 35.6 Å². The average molecular weight is 364 g/mol. The number of imidazole rings is 1. The van der Waals surface area contributed by atoms with Crippen LogP contribution in [0.25, 0.3) is 26.4 Å². The second kappa shape index (κ2) is 6.45. The Balaban J connectivity index is 1.65. The van der Waals surface area contributed by atoms with Crippen molar-refractivity contribution in [3.63, 3.8) is 0 Å². The first-order chi connectivity index (χ1) is 12.6. The van der Waals surface area contributed by atoms with Gasteiger partial charge in [-0.15, -0.1) is 0 Å². The average Bonchev–Trinajstić information content (AvgIpc) is 3.18. The van der Waals surface area contributed by atoms with Crippen molar-refractivity contribution in [2.24, 2.45) is 0 Å². The lowest BCUT2D eigenvalue weighted by molar-refractivity contribution is -0.133. The summed E-state index contributed by atoms with van der Waals surface area (Å²) in [5.41, 5.74) is 2.66. The van der Waals surface area contributed by atoms with Gasteiger partial charge >= 0.3 is 11.9 Å². The number of benzene rings is 2. The first-order valence-corrected chi connectivity index (χ1v) is 8.52. The first-order valence-electron chi connectivity index (χ1n) is 7.70. The Bertz CT molecular complexity index is 1170. The quantitative estimate of drug-likeness (QED) is 0.339. The molecule has 0 aliphatic heterocycles. The molecule has 0 aliphatic carbocycles. The van der Waals surface area contributed by atoms with Gasteiger partial charge in [0.25, 0.3) is 0 Å². The molecule has 0 unspecified atom stereocenters. The van der Waals surface area contributed by atoms with Crippen LogP contribution in [-0.2, 0) is 9.59 Å². The van der Waals surface area contributed by atoms with E-state index in [1.807, 2.05) is 34.9 Å². The molecule has 0 saturated carbocycles. The molecule has 2 aromatic heterocycles. The Kier molecular flexibility index (Phi) is 3.98. The Morgan fingerprint density at radius 2 is 1.96 bits per heavy atom. The van der Waals surface area contributed by atoms with Gasteiger partial charge in [0.2, 0.25) is 0 Å². The highest BCUT2D eigenvalue weighted by Gasteiger charge is 2.11. The largest absolute Gasteiger partial charge is 0.478 e. The van der Waals surface area contributed by atoms with Crippen molar-refractivity contribution in [3.05, 3.63) is 66.9 Å². The van der Waals surface area contributed by atoms with Crippen molar-refractivity contribution < 1.29 is 19.4 Å². The van der Waals surface area contributed by atoms with Crippen molar-refractivity contribution >= 4 is 38.5 Å². The number of nitrogens with zero attached hydrogens (tertiary/aromatic N) is 2. The molecule has 0 aliphatic rings. The van der Waals surface area contributed by atoms with E-state index in [4.69, 9.17) is 9.84 Å². The topological polar surface area (TPSA) is 80.9 Å². The minimum Gasteiger partial charge on any atom is -0.478 e. The Hall–Kier alpha value is -3.45. The minimum absolute atomic E-state index is 0.323. The van der Waals surface area contributed by atoms with Crippen molar-refractivity contribution in [2.75, 3.05) is 0 Å². The fourth-order valence-corrected chi connectivity index (χ4v) is 3.60. The summed E-state index contributed by atoms with van der Waals surface area (Å²) in [6, 6.07) is 15.0. The fourth-order valence-electron chi connectivity index (χ4n) is 2.60. The van der Waals surface area contributed by atoms with Crippen LogP contribution in [0.3, 0.4) is 0 Å². The summed E-state index contributed by atoms with van der Waals surface area (Å²) in [7, 11) is 0. The van der Waals surface area contributed by atoms with E-state index in [1.54, 1.807) is 29.5 Å². The number of hydrogen-bond donors (Lipinski definition) is 1. The lowest BCUT2D eigenvalue weighted by Crippen LogP contribution is -2.04. The van der Waals surface area contributed by atoms with E-state index < -0.39 is 11.9 Å². The summed E-state index contributed by atoms with van der Waals surface area (Å²) in [4.78, 5) is 27.6. The van der Waals surface area contributed by atoms with Crippen LogP contribution >= 0.6 is 11.3 Å². The number of para-hydroxylation sites is 1. The standard InChI is InChI=1S/C19H12N2O4S/c22-17(23)8-9-18(24)25-13-5-3-4-12(10-13)14-11-21-15-6-1-2-7-16(15)26-19(21)20-14/h1-11H,(H,22,23)/b9-8+. The van der Waals surface area contributed by atoms with E-state index in [1.165, 1.54) is 0 Å². The van der Waals surface area contributed by atoms with Crippen molar-refractivity contribution in [1.82, 2.24) is 9.38 Å². The predicted octanol–water partition coefficient (Wildman–Crippen LogP) is 3.76. The van der Waals surface area contributed by atoms with E-state index in [9.17, 15) is 9.59 Å². The molecule has 1 N–H and O–H groups in total. The van der Waals surface area contributed by atoms with Crippen LogP contribution in [0, 0.1) is 0 Å². The third-order valence-electron chi connectivity index (χ3n) is 3.71. The number of aromatic nitrogens is 2. The van der Waals surface area contributed by atoms with E-state index in [2.05, 4.69) is 11.1 Å². The molecule has 0 bridgehead atoms. The van der Waals surface area contributed by atoms with E-state index in [-0.39, 0.29) is 0 Å². The lowest BCUT2D eigenvalue weighted by atomic mass is 10.1. The zero-order chi connectivity index (χ0) is 18.1. The second-order valence-corrected chi connectivity index (χ2v) is 6.48. The minimum atomic E-state index is -1.21. The Morgan fingerprint density at radius 3 is 2.81 bits per heavy atom. The third kappa shape index (κ3) is 3.07. The summed E-state index contributed by atoms with van der Waals surface area (Å²) in [5.74, 6) is -1.63. The SMILES string of the molecule is O=C(O)/C=C/C(=O)Oc1cccc(-c2cn3c(n2)sc2ccccc23)c1. The predicted molar refractivity (Wildman–Crippen MR) is 98.4 cm³/mol. The number of rotatable bonds is 4. The molecule has 7 heteroatoms. The number of carboxylic acid groups (broad SMARTS) is 1. The number of fused-ring (bicyclic) bond motifs is 3. The zero-order valence-corrected chi connectivity index (χ0v) is 14.1. The molecule has 128 valence electrons. The summed E-state index contributed by atoms with van der Waals surface area (Å²) in [5, 5.41) is 8.54. The maximum atomic E-state index is 11.6. The smallest absolute Gasteiger partial charge is 0.336 e. The van der Waals surface area contributed by atoms with Crippen molar-refractivity contribution in [3.8, 4) is 17.0 Å². The molecule has 0 saturated heterocycles. The molecule has 26 heavy (non-hydrogen) atoms. The molecule has 6 nitrogen and oxygen atoms in total. The summed E-state index contributed by atoms with van der Waals surface area (Å²) < 4.78 is 8.32. The van der Waals surface area contributed by atoms with Gasteiger partial charge in [-0.25, -0.2) is 14.6 Å². The maximum Gasteiger partial charge on any atom is 0.336 e. The molecule has 4 aromatic rings. The van der Waals surface area contributed by atoms with Crippen LogP contribution < -0.4 is 4.74 Å². The Morgan fingerprint density at radius 1 is 1.12 bits per heavy atom. The van der Waals surface area contributed by atoms with Crippen molar-refractivity contribution in [2.45, 2.75) is 0 Å². The van der Waals surface area contributed by atoms with Gasteiger partial charge in [0, 0.05) is 23.9 Å². The number of carbonyl (C=O) groups excluding carboxylic acids is 1. The molecule has 2 heterocycles. The van der Waals surface area contributed by atoms with Crippen LogP contribution in [-0.4, -0.2) is 26.4 Å². The van der Waals surface area contributed by atoms with E-state index in [0.717, 1.165) is 38.6 Å². The van der Waals surface area contributed by atoms with E-state index >= 15 is 0 Å². The molecule has 0 spiro atoms. The van der Waals surface area contributed by atoms with Crippen LogP contribution in [0.1, 0.15) is 0 Å².